The summed E-state index contributed by atoms with van der Waals surface area (Å²) in [7, 11) is 2.11. The Morgan fingerprint density at radius 1 is 1.15 bits per heavy atom. The zero-order valence-corrected chi connectivity index (χ0v) is 15.7. The first-order valence-electron chi connectivity index (χ1n) is 9.59. The molecule has 26 heavy (non-hydrogen) atoms. The summed E-state index contributed by atoms with van der Waals surface area (Å²) in [5.74, 6) is 0.0112. The smallest absolute Gasteiger partial charge is 0.227 e. The van der Waals surface area contributed by atoms with E-state index < -0.39 is 11.7 Å². The van der Waals surface area contributed by atoms with Gasteiger partial charge in [-0.2, -0.15) is 0 Å². The molecule has 3 rings (SSSR count). The first kappa shape index (κ1) is 19.3. The standard InChI is InChI=1S/C20H31N3O3/c1-21-9-5-10-22(13-12-21)15-20(26)16-23(11-8-18(20)24)19(25)14-17-6-3-2-4-7-17/h2-4,6-7,18,24,26H,5,8-16H2,1H3/t18-,20+/m0/s1. The summed E-state index contributed by atoms with van der Waals surface area (Å²) in [6.07, 6.45) is 1.02. The van der Waals surface area contributed by atoms with E-state index in [1.165, 1.54) is 0 Å². The lowest BCUT2D eigenvalue weighted by Crippen LogP contribution is -2.63. The number of amides is 1. The van der Waals surface area contributed by atoms with E-state index in [4.69, 9.17) is 0 Å². The first-order valence-corrected chi connectivity index (χ1v) is 9.59. The molecule has 2 heterocycles. The number of nitrogens with zero attached hydrogens (tertiary/aromatic N) is 3. The van der Waals surface area contributed by atoms with Crippen molar-refractivity contribution in [2.45, 2.75) is 31.0 Å². The Morgan fingerprint density at radius 3 is 2.69 bits per heavy atom. The summed E-state index contributed by atoms with van der Waals surface area (Å²) in [4.78, 5) is 18.9. The van der Waals surface area contributed by atoms with Gasteiger partial charge in [-0.1, -0.05) is 30.3 Å². The summed E-state index contributed by atoms with van der Waals surface area (Å²) in [5, 5.41) is 21.6. The minimum absolute atomic E-state index is 0.0112. The van der Waals surface area contributed by atoms with Crippen LogP contribution in [0, 0.1) is 0 Å². The lowest BCUT2D eigenvalue weighted by atomic mass is 9.88. The van der Waals surface area contributed by atoms with Crippen molar-refractivity contribution in [1.29, 1.82) is 0 Å². The average Bonchev–Trinajstić information content (AvgIpc) is 2.82. The van der Waals surface area contributed by atoms with Gasteiger partial charge in [0.1, 0.15) is 5.60 Å². The van der Waals surface area contributed by atoms with E-state index in [0.717, 1.165) is 38.2 Å². The van der Waals surface area contributed by atoms with E-state index in [2.05, 4.69) is 16.8 Å². The Kier molecular flexibility index (Phi) is 6.29. The molecule has 0 saturated carbocycles. The number of hydrogen-bond acceptors (Lipinski definition) is 5. The molecule has 0 aromatic heterocycles. The highest BCUT2D eigenvalue weighted by molar-refractivity contribution is 5.79. The maximum absolute atomic E-state index is 12.7. The fraction of sp³-hybridized carbons (Fsp3) is 0.650. The summed E-state index contributed by atoms with van der Waals surface area (Å²) in [6.45, 7) is 4.92. The fourth-order valence-electron chi connectivity index (χ4n) is 3.96. The third-order valence-corrected chi connectivity index (χ3v) is 5.62. The van der Waals surface area contributed by atoms with Gasteiger partial charge < -0.3 is 20.0 Å². The number of carbonyl (C=O) groups excluding carboxylic acids is 1. The van der Waals surface area contributed by atoms with Crippen molar-refractivity contribution < 1.29 is 15.0 Å². The largest absolute Gasteiger partial charge is 0.390 e. The molecule has 0 unspecified atom stereocenters. The number of β-amino-alcohol motifs (C(OH)–C–C–N with tert-alkyl or cyclic N) is 1. The fourth-order valence-corrected chi connectivity index (χ4v) is 3.96. The molecule has 6 heteroatoms. The van der Waals surface area contributed by atoms with Crippen LogP contribution in [0.2, 0.25) is 0 Å². The van der Waals surface area contributed by atoms with Gasteiger partial charge in [-0.15, -0.1) is 0 Å². The van der Waals surface area contributed by atoms with E-state index in [9.17, 15) is 15.0 Å². The van der Waals surface area contributed by atoms with E-state index in [0.29, 0.717) is 25.9 Å². The summed E-state index contributed by atoms with van der Waals surface area (Å²) < 4.78 is 0. The molecule has 0 radical (unpaired) electrons. The monoisotopic (exact) mass is 361 g/mol. The molecule has 0 aliphatic carbocycles. The van der Waals surface area contributed by atoms with Crippen LogP contribution < -0.4 is 0 Å². The van der Waals surface area contributed by atoms with Crippen LogP contribution in [-0.4, -0.2) is 95.4 Å². The lowest BCUT2D eigenvalue weighted by molar-refractivity contribution is -0.155. The Hall–Kier alpha value is -1.47. The second-order valence-corrected chi connectivity index (χ2v) is 7.82. The van der Waals surface area contributed by atoms with E-state index in [1.54, 1.807) is 4.90 Å². The van der Waals surface area contributed by atoms with Crippen molar-refractivity contribution in [2.24, 2.45) is 0 Å². The van der Waals surface area contributed by atoms with Crippen LogP contribution in [-0.2, 0) is 11.2 Å². The highest BCUT2D eigenvalue weighted by atomic mass is 16.3. The number of hydrogen-bond donors (Lipinski definition) is 2. The number of carbonyl (C=O) groups is 1. The number of likely N-dealkylation sites (tertiary alicyclic amines) is 1. The molecule has 144 valence electrons. The van der Waals surface area contributed by atoms with Gasteiger partial charge in [0.15, 0.2) is 0 Å². The van der Waals surface area contributed by atoms with Gasteiger partial charge in [0.25, 0.3) is 0 Å². The lowest BCUT2D eigenvalue weighted by Gasteiger charge is -2.44. The molecule has 1 aromatic rings. The molecule has 1 aromatic carbocycles. The predicted molar refractivity (Wildman–Crippen MR) is 101 cm³/mol. The molecule has 2 aliphatic heterocycles. The second-order valence-electron chi connectivity index (χ2n) is 7.82. The maximum atomic E-state index is 12.7. The number of rotatable bonds is 4. The molecule has 2 atom stereocenters. The molecular formula is C20H31N3O3. The molecule has 2 N–H and O–H groups in total. The summed E-state index contributed by atoms with van der Waals surface area (Å²) in [6, 6.07) is 9.67. The van der Waals surface area contributed by atoms with E-state index in [1.807, 2.05) is 30.3 Å². The van der Waals surface area contributed by atoms with Crippen LogP contribution in [0.3, 0.4) is 0 Å². The zero-order valence-electron chi connectivity index (χ0n) is 15.7. The van der Waals surface area contributed by atoms with Crippen molar-refractivity contribution in [2.75, 3.05) is 52.9 Å². The molecule has 1 amide bonds. The molecule has 2 aliphatic rings. The molecule has 0 spiro atoms. The van der Waals surface area contributed by atoms with Gasteiger partial charge in [0.2, 0.25) is 5.91 Å². The van der Waals surface area contributed by atoms with Crippen LogP contribution in [0.25, 0.3) is 0 Å². The Bertz CT molecular complexity index is 597. The van der Waals surface area contributed by atoms with Gasteiger partial charge >= 0.3 is 0 Å². The van der Waals surface area contributed by atoms with Crippen LogP contribution in [0.5, 0.6) is 0 Å². The highest BCUT2D eigenvalue weighted by Gasteiger charge is 2.43. The zero-order chi connectivity index (χ0) is 18.6. The van der Waals surface area contributed by atoms with Crippen LogP contribution >= 0.6 is 0 Å². The van der Waals surface area contributed by atoms with Crippen LogP contribution in [0.15, 0.2) is 30.3 Å². The maximum Gasteiger partial charge on any atom is 0.227 e. The minimum atomic E-state index is -1.26. The number of aliphatic hydroxyl groups excluding tert-OH is 1. The van der Waals surface area contributed by atoms with Gasteiger partial charge in [0, 0.05) is 26.2 Å². The van der Waals surface area contributed by atoms with Gasteiger partial charge in [0.05, 0.1) is 19.1 Å². The quantitative estimate of drug-likeness (QED) is 0.802. The third-order valence-electron chi connectivity index (χ3n) is 5.62. The Morgan fingerprint density at radius 2 is 1.92 bits per heavy atom. The van der Waals surface area contributed by atoms with E-state index >= 15 is 0 Å². The number of piperidine rings is 1. The first-order chi connectivity index (χ1) is 12.5. The topological polar surface area (TPSA) is 67.2 Å². The number of benzene rings is 1. The van der Waals surface area contributed by atoms with Crippen molar-refractivity contribution >= 4 is 5.91 Å². The van der Waals surface area contributed by atoms with E-state index in [-0.39, 0.29) is 12.5 Å². The van der Waals surface area contributed by atoms with Gasteiger partial charge in [-0.3, -0.25) is 9.69 Å². The van der Waals surface area contributed by atoms with Crippen LogP contribution in [0.4, 0.5) is 0 Å². The summed E-state index contributed by atoms with van der Waals surface area (Å²) >= 11 is 0. The molecule has 2 saturated heterocycles. The van der Waals surface area contributed by atoms with Gasteiger partial charge in [-0.25, -0.2) is 0 Å². The number of likely N-dealkylation sites (N-methyl/N-ethyl adjacent to an activating group) is 1. The molecule has 2 fully saturated rings. The Labute approximate surface area is 156 Å². The molecule has 6 nitrogen and oxygen atoms in total. The highest BCUT2D eigenvalue weighted by Crippen LogP contribution is 2.24. The predicted octanol–water partition coefficient (Wildman–Crippen LogP) is 0.191. The van der Waals surface area contributed by atoms with Crippen molar-refractivity contribution in [3.05, 3.63) is 35.9 Å². The van der Waals surface area contributed by atoms with Crippen molar-refractivity contribution in [1.82, 2.24) is 14.7 Å². The van der Waals surface area contributed by atoms with Gasteiger partial charge in [-0.05, 0) is 38.5 Å². The minimum Gasteiger partial charge on any atom is -0.390 e. The SMILES string of the molecule is CN1CCCN(C[C@@]2(O)CN(C(=O)Cc3ccccc3)CC[C@@H]2O)CC1. The third kappa shape index (κ3) is 4.82. The Balaban J connectivity index is 1.62. The average molecular weight is 361 g/mol. The second kappa shape index (κ2) is 8.48. The normalized spacial score (nSPS) is 28.7. The van der Waals surface area contributed by atoms with Crippen molar-refractivity contribution in [3.8, 4) is 0 Å². The molecular weight excluding hydrogens is 330 g/mol. The molecule has 0 bridgehead atoms. The number of aliphatic hydroxyl groups is 2. The van der Waals surface area contributed by atoms with Crippen molar-refractivity contribution in [3.63, 3.8) is 0 Å². The summed E-state index contributed by atoms with van der Waals surface area (Å²) in [5.41, 5.74) is -0.282. The van der Waals surface area contributed by atoms with Crippen LogP contribution in [0.1, 0.15) is 18.4 Å².